The van der Waals surface area contributed by atoms with Crippen LogP contribution in [0.5, 0.6) is 11.5 Å². The van der Waals surface area contributed by atoms with Gasteiger partial charge in [-0.3, -0.25) is 9.69 Å². The lowest BCUT2D eigenvalue weighted by Gasteiger charge is -2.15. The predicted octanol–water partition coefficient (Wildman–Crippen LogP) is 4.92. The lowest BCUT2D eigenvalue weighted by atomic mass is 10.2. The fourth-order valence-corrected chi connectivity index (χ4v) is 4.33. The van der Waals surface area contributed by atoms with Crippen LogP contribution in [0, 0.1) is 0 Å². The number of aromatic carboxylic acids is 1. The van der Waals surface area contributed by atoms with Gasteiger partial charge in [0.25, 0.3) is 5.91 Å². The molecule has 2 aliphatic rings. The fraction of sp³-hybridized carbons (Fsp3) is 0.0417. The van der Waals surface area contributed by atoms with Crippen molar-refractivity contribution in [2.45, 2.75) is 0 Å². The van der Waals surface area contributed by atoms with Crippen molar-refractivity contribution in [1.82, 2.24) is 0 Å². The van der Waals surface area contributed by atoms with Gasteiger partial charge in [0.1, 0.15) is 0 Å². The first kappa shape index (κ1) is 19.9. The second kappa shape index (κ2) is 8.24. The number of para-hydroxylation sites is 1. The van der Waals surface area contributed by atoms with Crippen molar-refractivity contribution in [2.24, 2.45) is 4.99 Å². The number of amides is 1. The summed E-state index contributed by atoms with van der Waals surface area (Å²) in [6.45, 7) is 0.178. The Bertz CT molecular complexity index is 1290. The molecule has 0 saturated carbocycles. The predicted molar refractivity (Wildman–Crippen MR) is 123 cm³/mol. The number of rotatable bonds is 4. The maximum absolute atomic E-state index is 13.3. The molecule has 1 fully saturated rings. The van der Waals surface area contributed by atoms with Gasteiger partial charge in [0.15, 0.2) is 16.7 Å². The number of nitrogens with zero attached hydrogens (tertiary/aromatic N) is 2. The molecule has 2 heterocycles. The van der Waals surface area contributed by atoms with Gasteiger partial charge in [0.05, 0.1) is 21.8 Å². The molecule has 5 rings (SSSR count). The van der Waals surface area contributed by atoms with Crippen LogP contribution in [0.4, 0.5) is 11.4 Å². The zero-order valence-corrected chi connectivity index (χ0v) is 17.4. The zero-order valence-electron chi connectivity index (χ0n) is 16.6. The normalized spacial score (nSPS) is 17.4. The SMILES string of the molecule is O=C(O)c1cccc(N=C2S/C(=C\c3ccc4c(c3)OCO4)C(=O)N2c2ccccc2)c1. The van der Waals surface area contributed by atoms with Crippen LogP contribution in [-0.2, 0) is 4.79 Å². The Morgan fingerprint density at radius 3 is 2.62 bits per heavy atom. The van der Waals surface area contributed by atoms with E-state index < -0.39 is 5.97 Å². The minimum Gasteiger partial charge on any atom is -0.478 e. The van der Waals surface area contributed by atoms with E-state index >= 15 is 0 Å². The second-order valence-electron chi connectivity index (χ2n) is 6.95. The van der Waals surface area contributed by atoms with Crippen LogP contribution in [-0.4, -0.2) is 28.9 Å². The molecular formula is C24H16N2O5S. The summed E-state index contributed by atoms with van der Waals surface area (Å²) in [6, 6.07) is 21.0. The third-order valence-electron chi connectivity index (χ3n) is 4.83. The van der Waals surface area contributed by atoms with Gasteiger partial charge in [-0.25, -0.2) is 9.79 Å². The first-order chi connectivity index (χ1) is 15.6. The highest BCUT2D eigenvalue weighted by Gasteiger charge is 2.34. The number of amidine groups is 1. The smallest absolute Gasteiger partial charge is 0.335 e. The van der Waals surface area contributed by atoms with Gasteiger partial charge in [-0.15, -0.1) is 0 Å². The number of anilines is 1. The Hall–Kier alpha value is -4.04. The van der Waals surface area contributed by atoms with Crippen LogP contribution >= 0.6 is 11.8 Å². The van der Waals surface area contributed by atoms with Gasteiger partial charge < -0.3 is 14.6 Å². The van der Waals surface area contributed by atoms with E-state index in [1.807, 2.05) is 42.5 Å². The molecule has 32 heavy (non-hydrogen) atoms. The largest absolute Gasteiger partial charge is 0.478 e. The van der Waals surface area contributed by atoms with E-state index in [-0.39, 0.29) is 18.3 Å². The van der Waals surface area contributed by atoms with Gasteiger partial charge in [-0.2, -0.15) is 0 Å². The summed E-state index contributed by atoms with van der Waals surface area (Å²) in [5.74, 6) is 0.0515. The Balaban J connectivity index is 1.55. The Kier molecular flexibility index (Phi) is 5.12. The average molecular weight is 444 g/mol. The maximum Gasteiger partial charge on any atom is 0.335 e. The van der Waals surface area contributed by atoms with Crippen LogP contribution in [0.15, 0.2) is 82.7 Å². The van der Waals surface area contributed by atoms with Crippen molar-refractivity contribution in [2.75, 3.05) is 11.7 Å². The summed E-state index contributed by atoms with van der Waals surface area (Å²) in [5.41, 5.74) is 2.05. The molecule has 8 heteroatoms. The number of carbonyl (C=O) groups excluding carboxylic acids is 1. The fourth-order valence-electron chi connectivity index (χ4n) is 3.33. The molecule has 0 bridgehead atoms. The summed E-state index contributed by atoms with van der Waals surface area (Å²) < 4.78 is 10.8. The third-order valence-corrected chi connectivity index (χ3v) is 5.80. The van der Waals surface area contributed by atoms with E-state index in [2.05, 4.69) is 4.99 Å². The molecule has 0 radical (unpaired) electrons. The van der Waals surface area contributed by atoms with Gasteiger partial charge in [-0.05, 0) is 65.9 Å². The van der Waals surface area contributed by atoms with Crippen LogP contribution in [0.25, 0.3) is 6.08 Å². The van der Waals surface area contributed by atoms with Crippen LogP contribution in [0.3, 0.4) is 0 Å². The quantitative estimate of drug-likeness (QED) is 0.575. The summed E-state index contributed by atoms with van der Waals surface area (Å²) in [5, 5.41) is 9.71. The number of aliphatic imine (C=N–C) groups is 1. The number of hydrogen-bond acceptors (Lipinski definition) is 6. The highest BCUT2D eigenvalue weighted by atomic mass is 32.2. The molecule has 3 aromatic rings. The van der Waals surface area contributed by atoms with E-state index in [9.17, 15) is 14.7 Å². The third kappa shape index (κ3) is 3.83. The van der Waals surface area contributed by atoms with Crippen molar-refractivity contribution >= 4 is 46.3 Å². The number of carbonyl (C=O) groups is 2. The van der Waals surface area contributed by atoms with Crippen molar-refractivity contribution in [3.63, 3.8) is 0 Å². The Morgan fingerprint density at radius 1 is 1.00 bits per heavy atom. The van der Waals surface area contributed by atoms with Gasteiger partial charge >= 0.3 is 5.97 Å². The van der Waals surface area contributed by atoms with Crippen LogP contribution < -0.4 is 14.4 Å². The van der Waals surface area contributed by atoms with E-state index in [1.165, 1.54) is 28.8 Å². The Morgan fingerprint density at radius 2 is 1.81 bits per heavy atom. The van der Waals surface area contributed by atoms with E-state index in [0.717, 1.165) is 5.56 Å². The molecule has 0 atom stereocenters. The molecular weight excluding hydrogens is 428 g/mol. The molecule has 0 aliphatic carbocycles. The van der Waals surface area contributed by atoms with Crippen molar-refractivity contribution in [1.29, 1.82) is 0 Å². The van der Waals surface area contributed by atoms with Crippen molar-refractivity contribution in [3.05, 3.63) is 88.8 Å². The number of fused-ring (bicyclic) bond motifs is 1. The molecule has 7 nitrogen and oxygen atoms in total. The zero-order chi connectivity index (χ0) is 22.1. The Labute approximate surface area is 187 Å². The van der Waals surface area contributed by atoms with E-state index in [4.69, 9.17) is 9.47 Å². The topological polar surface area (TPSA) is 88.4 Å². The summed E-state index contributed by atoms with van der Waals surface area (Å²) in [6.07, 6.45) is 1.78. The number of carboxylic acid groups (broad SMARTS) is 1. The molecule has 0 aromatic heterocycles. The maximum atomic E-state index is 13.3. The first-order valence-corrected chi connectivity index (χ1v) is 10.5. The molecule has 158 valence electrons. The lowest BCUT2D eigenvalue weighted by molar-refractivity contribution is -0.113. The van der Waals surface area contributed by atoms with Gasteiger partial charge in [0.2, 0.25) is 6.79 Å². The lowest BCUT2D eigenvalue weighted by Crippen LogP contribution is -2.28. The van der Waals surface area contributed by atoms with E-state index in [1.54, 1.807) is 24.3 Å². The molecule has 3 aromatic carbocycles. The number of carboxylic acids is 1. The standard InChI is InChI=1S/C24H16N2O5S/c27-22-21(12-15-9-10-19-20(11-15)31-14-30-19)32-24(26(22)18-7-2-1-3-8-18)25-17-6-4-5-16(13-17)23(28)29/h1-13H,14H2,(H,28,29)/b21-12-,25-24?. The minimum absolute atomic E-state index is 0.128. The van der Waals surface area contributed by atoms with Crippen LogP contribution in [0.2, 0.25) is 0 Å². The molecule has 1 saturated heterocycles. The van der Waals surface area contributed by atoms with Gasteiger partial charge in [-0.1, -0.05) is 30.3 Å². The number of thioether (sulfide) groups is 1. The summed E-state index contributed by atoms with van der Waals surface area (Å²) in [7, 11) is 0. The summed E-state index contributed by atoms with van der Waals surface area (Å²) in [4.78, 5) is 31.3. The van der Waals surface area contributed by atoms with Crippen molar-refractivity contribution < 1.29 is 24.2 Å². The summed E-state index contributed by atoms with van der Waals surface area (Å²) >= 11 is 1.23. The molecule has 0 spiro atoms. The molecule has 1 N–H and O–H groups in total. The van der Waals surface area contributed by atoms with Crippen molar-refractivity contribution in [3.8, 4) is 11.5 Å². The first-order valence-electron chi connectivity index (χ1n) is 9.69. The van der Waals surface area contributed by atoms with Crippen LogP contribution in [0.1, 0.15) is 15.9 Å². The number of benzene rings is 3. The highest BCUT2D eigenvalue weighted by molar-refractivity contribution is 8.19. The molecule has 0 unspecified atom stereocenters. The second-order valence-corrected chi connectivity index (χ2v) is 7.96. The highest BCUT2D eigenvalue weighted by Crippen LogP contribution is 2.39. The van der Waals surface area contributed by atoms with E-state index in [0.29, 0.717) is 32.9 Å². The monoisotopic (exact) mass is 444 g/mol. The number of ether oxygens (including phenoxy) is 2. The molecule has 1 amide bonds. The average Bonchev–Trinajstić information content (AvgIpc) is 3.38. The van der Waals surface area contributed by atoms with Gasteiger partial charge in [0, 0.05) is 0 Å². The number of hydrogen-bond donors (Lipinski definition) is 1. The molecule has 2 aliphatic heterocycles. The minimum atomic E-state index is -1.04.